The summed E-state index contributed by atoms with van der Waals surface area (Å²) in [5.41, 5.74) is -0.914. The van der Waals surface area contributed by atoms with Crippen molar-refractivity contribution in [1.29, 1.82) is 0 Å². The zero-order valence-corrected chi connectivity index (χ0v) is 19.8. The van der Waals surface area contributed by atoms with Crippen molar-refractivity contribution in [1.82, 2.24) is 19.7 Å². The number of hydrogen-bond donors (Lipinski definition) is 2. The van der Waals surface area contributed by atoms with Crippen LogP contribution in [0.15, 0.2) is 69.7 Å². The minimum absolute atomic E-state index is 0.00797. The third-order valence-corrected chi connectivity index (χ3v) is 9.19. The summed E-state index contributed by atoms with van der Waals surface area (Å²) >= 11 is 6.93. The van der Waals surface area contributed by atoms with E-state index in [0.717, 1.165) is 21.6 Å². The Labute approximate surface area is 202 Å². The first kappa shape index (κ1) is 22.7. The fourth-order valence-corrected chi connectivity index (χ4v) is 6.72. The Hall–Kier alpha value is -3.12. The molecule has 0 amide bonds. The summed E-state index contributed by atoms with van der Waals surface area (Å²) in [6, 6.07) is 16.7. The average Bonchev–Trinajstić information content (AvgIpc) is 3.25. The van der Waals surface area contributed by atoms with Gasteiger partial charge in [0.25, 0.3) is 15.6 Å². The fraction of sp³-hybridized carbons (Fsp3) is 0.182. The molecule has 0 saturated heterocycles. The van der Waals surface area contributed by atoms with Crippen LogP contribution in [0.5, 0.6) is 0 Å². The molecular formula is C22H17ClN4O5S2. The second-order valence-corrected chi connectivity index (χ2v) is 11.4. The van der Waals surface area contributed by atoms with Crippen LogP contribution >= 0.6 is 22.9 Å². The van der Waals surface area contributed by atoms with Gasteiger partial charge < -0.3 is 5.11 Å². The Morgan fingerprint density at radius 1 is 1.18 bits per heavy atom. The predicted octanol–water partition coefficient (Wildman–Crippen LogP) is 3.00. The second kappa shape index (κ2) is 8.27. The SMILES string of the molecule is O=C(O)[C@@]1(NS(=O)(=O)c2ccc(-c3ccc(Cl)cc3)s2)C[C@H]1Cn1nnc2ccccc2c1=O. The van der Waals surface area contributed by atoms with E-state index in [0.29, 0.717) is 20.8 Å². The van der Waals surface area contributed by atoms with E-state index in [9.17, 15) is 23.1 Å². The molecule has 34 heavy (non-hydrogen) atoms. The Morgan fingerprint density at radius 2 is 1.91 bits per heavy atom. The number of fused-ring (bicyclic) bond motifs is 1. The second-order valence-electron chi connectivity index (χ2n) is 8.00. The van der Waals surface area contributed by atoms with Gasteiger partial charge in [-0.1, -0.05) is 41.1 Å². The molecule has 12 heteroatoms. The number of nitrogens with one attached hydrogen (secondary N) is 1. The minimum atomic E-state index is -4.13. The number of carbonyl (C=O) groups is 1. The summed E-state index contributed by atoms with van der Waals surface area (Å²) in [6.45, 7) is -0.0774. The van der Waals surface area contributed by atoms with Gasteiger partial charge in [0.1, 0.15) is 15.3 Å². The van der Waals surface area contributed by atoms with Crippen molar-refractivity contribution in [2.24, 2.45) is 5.92 Å². The van der Waals surface area contributed by atoms with Crippen LogP contribution in [0.25, 0.3) is 21.3 Å². The number of hydrogen-bond acceptors (Lipinski definition) is 7. The molecule has 1 aliphatic rings. The van der Waals surface area contributed by atoms with E-state index in [4.69, 9.17) is 11.6 Å². The number of aliphatic carboxylic acids is 1. The molecule has 2 N–H and O–H groups in total. The number of nitrogens with zero attached hydrogens (tertiary/aromatic N) is 3. The molecule has 0 radical (unpaired) electrons. The summed E-state index contributed by atoms with van der Waals surface area (Å²) in [6.07, 6.45) is 0.0257. The Kier molecular flexibility index (Phi) is 5.52. The van der Waals surface area contributed by atoms with Gasteiger partial charge in [0.2, 0.25) is 0 Å². The van der Waals surface area contributed by atoms with Crippen molar-refractivity contribution < 1.29 is 18.3 Å². The van der Waals surface area contributed by atoms with Gasteiger partial charge in [-0.05, 0) is 48.4 Å². The van der Waals surface area contributed by atoms with E-state index >= 15 is 0 Å². The van der Waals surface area contributed by atoms with Crippen molar-refractivity contribution in [3.63, 3.8) is 0 Å². The van der Waals surface area contributed by atoms with E-state index in [1.807, 2.05) is 0 Å². The fourth-order valence-electron chi connectivity index (χ4n) is 3.86. The van der Waals surface area contributed by atoms with Crippen molar-refractivity contribution >= 4 is 49.8 Å². The molecule has 9 nitrogen and oxygen atoms in total. The number of carboxylic acids is 1. The zero-order chi connectivity index (χ0) is 24.1. The summed E-state index contributed by atoms with van der Waals surface area (Å²) in [7, 11) is -4.13. The van der Waals surface area contributed by atoms with Crippen molar-refractivity contribution in [2.45, 2.75) is 22.7 Å². The average molecular weight is 517 g/mol. The van der Waals surface area contributed by atoms with Crippen LogP contribution in [0.4, 0.5) is 0 Å². The molecule has 174 valence electrons. The molecular weight excluding hydrogens is 500 g/mol. The Bertz CT molecular complexity index is 1580. The summed E-state index contributed by atoms with van der Waals surface area (Å²) in [4.78, 5) is 25.5. The molecule has 2 atom stereocenters. The lowest BCUT2D eigenvalue weighted by Gasteiger charge is -2.15. The highest BCUT2D eigenvalue weighted by Crippen LogP contribution is 2.46. The maximum absolute atomic E-state index is 13.0. The summed E-state index contributed by atoms with van der Waals surface area (Å²) < 4.78 is 29.5. The zero-order valence-electron chi connectivity index (χ0n) is 17.4. The van der Waals surface area contributed by atoms with Gasteiger partial charge in [-0.15, -0.1) is 16.4 Å². The number of sulfonamides is 1. The van der Waals surface area contributed by atoms with E-state index in [-0.39, 0.29) is 17.2 Å². The quantitative estimate of drug-likeness (QED) is 0.386. The molecule has 0 aliphatic heterocycles. The summed E-state index contributed by atoms with van der Waals surface area (Å²) in [5, 5.41) is 18.7. The lowest BCUT2D eigenvalue weighted by molar-refractivity contribution is -0.140. The van der Waals surface area contributed by atoms with Crippen LogP contribution in [-0.4, -0.2) is 40.0 Å². The molecule has 1 fully saturated rings. The third-order valence-electron chi connectivity index (χ3n) is 5.80. The van der Waals surface area contributed by atoms with Crippen molar-refractivity contribution in [3.05, 3.63) is 76.0 Å². The molecule has 2 aromatic carbocycles. The number of carboxylic acid groups (broad SMARTS) is 1. The highest BCUT2D eigenvalue weighted by Gasteiger charge is 2.63. The molecule has 1 saturated carbocycles. The topological polar surface area (TPSA) is 131 Å². The number of halogens is 1. The van der Waals surface area contributed by atoms with E-state index in [1.165, 1.54) is 6.07 Å². The Morgan fingerprint density at radius 3 is 2.65 bits per heavy atom. The van der Waals surface area contributed by atoms with Crippen molar-refractivity contribution in [2.75, 3.05) is 0 Å². The number of benzene rings is 2. The van der Waals surface area contributed by atoms with Gasteiger partial charge in [0.15, 0.2) is 0 Å². The first-order valence-electron chi connectivity index (χ1n) is 10.2. The van der Waals surface area contributed by atoms with Crippen LogP contribution < -0.4 is 10.3 Å². The van der Waals surface area contributed by atoms with Gasteiger partial charge in [0, 0.05) is 15.8 Å². The van der Waals surface area contributed by atoms with E-state index in [1.54, 1.807) is 54.6 Å². The smallest absolute Gasteiger partial charge is 0.325 e. The monoisotopic (exact) mass is 516 g/mol. The largest absolute Gasteiger partial charge is 0.480 e. The van der Waals surface area contributed by atoms with Gasteiger partial charge in [-0.3, -0.25) is 9.59 Å². The minimum Gasteiger partial charge on any atom is -0.480 e. The van der Waals surface area contributed by atoms with E-state index in [2.05, 4.69) is 15.0 Å². The summed E-state index contributed by atoms with van der Waals surface area (Å²) in [5.74, 6) is -1.97. The van der Waals surface area contributed by atoms with Gasteiger partial charge in [-0.25, -0.2) is 13.1 Å². The maximum atomic E-state index is 13.0. The lowest BCUT2D eigenvalue weighted by Crippen LogP contribution is -2.45. The molecule has 0 unspecified atom stereocenters. The lowest BCUT2D eigenvalue weighted by atomic mass is 10.2. The standard InChI is InChI=1S/C22H17ClN4O5S2/c23-15-7-5-13(6-8-15)18-9-10-19(33-18)34(31,32)25-22(21(29)30)11-14(22)12-27-20(28)16-3-1-2-4-17(16)24-26-27/h1-10,14,25H,11-12H2,(H,29,30)/t14-,22+/m0/s1. The van der Waals surface area contributed by atoms with Gasteiger partial charge in [-0.2, -0.15) is 4.72 Å². The van der Waals surface area contributed by atoms with Crippen LogP contribution in [0.2, 0.25) is 5.02 Å². The highest BCUT2D eigenvalue weighted by molar-refractivity contribution is 7.91. The first-order chi connectivity index (χ1) is 16.2. The van der Waals surface area contributed by atoms with E-state index < -0.39 is 33.0 Å². The molecule has 2 aromatic heterocycles. The van der Waals surface area contributed by atoms with Crippen LogP contribution in [0, 0.1) is 5.92 Å². The number of aromatic nitrogens is 3. The predicted molar refractivity (Wildman–Crippen MR) is 127 cm³/mol. The molecule has 4 aromatic rings. The van der Waals surface area contributed by atoms with Crippen LogP contribution in [0.3, 0.4) is 0 Å². The number of thiophene rings is 1. The number of rotatable bonds is 7. The normalized spacial score (nSPS) is 19.9. The van der Waals surface area contributed by atoms with Crippen molar-refractivity contribution in [3.8, 4) is 10.4 Å². The molecule has 5 rings (SSSR count). The van der Waals surface area contributed by atoms with Crippen LogP contribution in [0.1, 0.15) is 6.42 Å². The van der Waals surface area contributed by atoms with Crippen LogP contribution in [-0.2, 0) is 21.4 Å². The molecule has 0 spiro atoms. The maximum Gasteiger partial charge on any atom is 0.325 e. The molecule has 1 aliphatic carbocycles. The molecule has 0 bridgehead atoms. The molecule has 2 heterocycles. The first-order valence-corrected chi connectivity index (χ1v) is 12.8. The van der Waals surface area contributed by atoms with Gasteiger partial charge >= 0.3 is 5.97 Å². The third kappa shape index (κ3) is 4.00. The van der Waals surface area contributed by atoms with Gasteiger partial charge in [0.05, 0.1) is 11.9 Å². The highest BCUT2D eigenvalue weighted by atomic mass is 35.5. The Balaban J connectivity index is 1.38.